The van der Waals surface area contributed by atoms with Gasteiger partial charge in [0.15, 0.2) is 5.11 Å². The molecule has 0 atom stereocenters. The molecular formula is C27H30N2O4S. The molecule has 0 radical (unpaired) electrons. The SMILES string of the molecule is CC(C)CCOc1cccc(C(=O)NC(=S)Nc2ccc(OCCOc3ccccc3)cc2)c1. The van der Waals surface area contributed by atoms with E-state index >= 15 is 0 Å². The zero-order valence-electron chi connectivity index (χ0n) is 19.5. The van der Waals surface area contributed by atoms with Gasteiger partial charge in [-0.15, -0.1) is 0 Å². The van der Waals surface area contributed by atoms with E-state index in [9.17, 15) is 4.79 Å². The van der Waals surface area contributed by atoms with Crippen molar-refractivity contribution in [2.45, 2.75) is 20.3 Å². The van der Waals surface area contributed by atoms with Crippen LogP contribution in [0.1, 0.15) is 30.6 Å². The molecule has 0 spiro atoms. The first kappa shape index (κ1) is 25.1. The maximum absolute atomic E-state index is 12.6. The highest BCUT2D eigenvalue weighted by molar-refractivity contribution is 7.80. The molecule has 3 aromatic rings. The summed E-state index contributed by atoms with van der Waals surface area (Å²) < 4.78 is 17.0. The van der Waals surface area contributed by atoms with Crippen LogP contribution in [0.15, 0.2) is 78.9 Å². The number of carbonyl (C=O) groups excluding carboxylic acids is 1. The molecule has 178 valence electrons. The number of hydrogen-bond donors (Lipinski definition) is 2. The topological polar surface area (TPSA) is 68.8 Å². The van der Waals surface area contributed by atoms with Crippen LogP contribution in [0.3, 0.4) is 0 Å². The minimum Gasteiger partial charge on any atom is -0.494 e. The summed E-state index contributed by atoms with van der Waals surface area (Å²) in [6, 6.07) is 24.0. The van der Waals surface area contributed by atoms with Crippen LogP contribution < -0.4 is 24.8 Å². The van der Waals surface area contributed by atoms with Crippen LogP contribution in [0.2, 0.25) is 0 Å². The summed E-state index contributed by atoms with van der Waals surface area (Å²) >= 11 is 5.29. The monoisotopic (exact) mass is 478 g/mol. The zero-order valence-corrected chi connectivity index (χ0v) is 20.3. The molecule has 0 saturated heterocycles. The lowest BCUT2D eigenvalue weighted by Crippen LogP contribution is -2.34. The van der Waals surface area contributed by atoms with Gasteiger partial charge in [0, 0.05) is 11.3 Å². The fraction of sp³-hybridized carbons (Fsp3) is 0.259. The molecule has 0 aliphatic rings. The van der Waals surface area contributed by atoms with Gasteiger partial charge in [-0.25, -0.2) is 0 Å². The van der Waals surface area contributed by atoms with Gasteiger partial charge in [-0.2, -0.15) is 0 Å². The number of benzene rings is 3. The Balaban J connectivity index is 1.41. The number of rotatable bonds is 11. The van der Waals surface area contributed by atoms with E-state index in [4.69, 9.17) is 26.4 Å². The van der Waals surface area contributed by atoms with Gasteiger partial charge in [-0.3, -0.25) is 10.1 Å². The molecule has 1 amide bonds. The molecule has 0 saturated carbocycles. The fourth-order valence-corrected chi connectivity index (χ4v) is 3.16. The van der Waals surface area contributed by atoms with Crippen molar-refractivity contribution in [3.05, 3.63) is 84.4 Å². The van der Waals surface area contributed by atoms with Crippen LogP contribution in [-0.4, -0.2) is 30.8 Å². The van der Waals surface area contributed by atoms with E-state index in [0.717, 1.165) is 17.9 Å². The van der Waals surface area contributed by atoms with Crippen LogP contribution in [0, 0.1) is 5.92 Å². The van der Waals surface area contributed by atoms with Crippen molar-refractivity contribution in [1.82, 2.24) is 5.32 Å². The minimum atomic E-state index is -0.301. The Hall–Kier alpha value is -3.58. The van der Waals surface area contributed by atoms with Gasteiger partial charge in [0.25, 0.3) is 5.91 Å². The molecule has 3 aromatic carbocycles. The van der Waals surface area contributed by atoms with E-state index in [1.807, 2.05) is 60.7 Å². The van der Waals surface area contributed by atoms with E-state index in [1.54, 1.807) is 18.2 Å². The molecule has 0 aliphatic heterocycles. The van der Waals surface area contributed by atoms with E-state index < -0.39 is 0 Å². The summed E-state index contributed by atoms with van der Waals surface area (Å²) in [6.07, 6.45) is 0.954. The summed E-state index contributed by atoms with van der Waals surface area (Å²) in [5.74, 6) is 2.45. The van der Waals surface area contributed by atoms with Crippen molar-refractivity contribution in [3.8, 4) is 17.2 Å². The van der Waals surface area contributed by atoms with E-state index in [1.165, 1.54) is 0 Å². The minimum absolute atomic E-state index is 0.209. The first-order valence-electron chi connectivity index (χ1n) is 11.3. The highest BCUT2D eigenvalue weighted by atomic mass is 32.1. The maximum atomic E-state index is 12.6. The lowest BCUT2D eigenvalue weighted by Gasteiger charge is -2.12. The van der Waals surface area contributed by atoms with Gasteiger partial charge in [-0.1, -0.05) is 38.1 Å². The first-order valence-corrected chi connectivity index (χ1v) is 11.7. The second kappa shape index (κ2) is 13.2. The number of carbonyl (C=O) groups is 1. The lowest BCUT2D eigenvalue weighted by molar-refractivity contribution is 0.0977. The summed E-state index contributed by atoms with van der Waals surface area (Å²) in [4.78, 5) is 12.6. The Morgan fingerprint density at radius 3 is 2.09 bits per heavy atom. The van der Waals surface area contributed by atoms with Gasteiger partial charge in [-0.05, 0) is 79.2 Å². The standard InChI is InChI=1S/C27H30N2O4S/c1-20(2)15-16-31-25-10-6-7-21(19-25)26(30)29-27(34)28-22-11-13-24(14-12-22)33-18-17-32-23-8-4-3-5-9-23/h3-14,19-20H,15-18H2,1-2H3,(H2,28,29,30,34). The summed E-state index contributed by atoms with van der Waals surface area (Å²) in [5.41, 5.74) is 1.22. The number of para-hydroxylation sites is 1. The molecule has 0 aliphatic carbocycles. The smallest absolute Gasteiger partial charge is 0.257 e. The van der Waals surface area contributed by atoms with Gasteiger partial charge in [0.1, 0.15) is 30.5 Å². The largest absolute Gasteiger partial charge is 0.494 e. The molecule has 0 aromatic heterocycles. The summed E-state index contributed by atoms with van der Waals surface area (Å²) in [7, 11) is 0. The van der Waals surface area contributed by atoms with Gasteiger partial charge in [0.2, 0.25) is 0 Å². The quantitative estimate of drug-likeness (QED) is 0.272. The van der Waals surface area contributed by atoms with Crippen LogP contribution in [0.5, 0.6) is 17.2 Å². The molecule has 6 nitrogen and oxygen atoms in total. The summed E-state index contributed by atoms with van der Waals surface area (Å²) in [5, 5.41) is 5.91. The Morgan fingerprint density at radius 1 is 0.794 bits per heavy atom. The van der Waals surface area contributed by atoms with Gasteiger partial charge >= 0.3 is 0 Å². The van der Waals surface area contributed by atoms with Gasteiger partial charge < -0.3 is 19.5 Å². The van der Waals surface area contributed by atoms with Crippen LogP contribution in [0.4, 0.5) is 5.69 Å². The summed E-state index contributed by atoms with van der Waals surface area (Å²) in [6.45, 7) is 5.77. The second-order valence-corrected chi connectivity index (χ2v) is 8.41. The van der Waals surface area contributed by atoms with E-state index in [-0.39, 0.29) is 11.0 Å². The molecular weight excluding hydrogens is 448 g/mol. The molecule has 0 heterocycles. The maximum Gasteiger partial charge on any atom is 0.257 e. The Kier molecular flexibility index (Phi) is 9.73. The lowest BCUT2D eigenvalue weighted by atomic mass is 10.1. The number of thiocarbonyl (C=S) groups is 1. The van der Waals surface area contributed by atoms with Gasteiger partial charge in [0.05, 0.1) is 6.61 Å². The van der Waals surface area contributed by atoms with Crippen molar-refractivity contribution >= 4 is 28.9 Å². The highest BCUT2D eigenvalue weighted by Gasteiger charge is 2.09. The Morgan fingerprint density at radius 2 is 1.41 bits per heavy atom. The first-order chi connectivity index (χ1) is 16.5. The molecule has 0 bridgehead atoms. The van der Waals surface area contributed by atoms with E-state index in [0.29, 0.717) is 42.8 Å². The third-order valence-electron chi connectivity index (χ3n) is 4.76. The molecule has 2 N–H and O–H groups in total. The third kappa shape index (κ3) is 8.75. The number of ether oxygens (including phenoxy) is 3. The molecule has 0 fully saturated rings. The van der Waals surface area contributed by atoms with Crippen molar-refractivity contribution in [3.63, 3.8) is 0 Å². The third-order valence-corrected chi connectivity index (χ3v) is 4.97. The molecule has 7 heteroatoms. The number of nitrogens with one attached hydrogen (secondary N) is 2. The number of amides is 1. The van der Waals surface area contributed by atoms with E-state index in [2.05, 4.69) is 24.5 Å². The number of anilines is 1. The molecule has 3 rings (SSSR count). The number of hydrogen-bond acceptors (Lipinski definition) is 5. The normalized spacial score (nSPS) is 10.4. The second-order valence-electron chi connectivity index (χ2n) is 8.00. The Bertz CT molecular complexity index is 1060. The predicted octanol–water partition coefficient (Wildman–Crippen LogP) is 5.70. The van der Waals surface area contributed by atoms with Crippen LogP contribution in [0.25, 0.3) is 0 Å². The van der Waals surface area contributed by atoms with Crippen LogP contribution >= 0.6 is 12.2 Å². The predicted molar refractivity (Wildman–Crippen MR) is 139 cm³/mol. The van der Waals surface area contributed by atoms with Crippen molar-refractivity contribution in [2.24, 2.45) is 5.92 Å². The average molecular weight is 479 g/mol. The highest BCUT2D eigenvalue weighted by Crippen LogP contribution is 2.17. The van der Waals surface area contributed by atoms with Crippen molar-refractivity contribution in [2.75, 3.05) is 25.1 Å². The Labute approximate surface area is 206 Å². The van der Waals surface area contributed by atoms with Crippen LogP contribution in [-0.2, 0) is 0 Å². The van der Waals surface area contributed by atoms with Crippen molar-refractivity contribution in [1.29, 1.82) is 0 Å². The molecule has 34 heavy (non-hydrogen) atoms. The zero-order chi connectivity index (χ0) is 24.2. The molecule has 0 unspecified atom stereocenters. The van der Waals surface area contributed by atoms with Crippen molar-refractivity contribution < 1.29 is 19.0 Å². The average Bonchev–Trinajstić information content (AvgIpc) is 2.83. The fourth-order valence-electron chi connectivity index (χ4n) is 2.95.